The van der Waals surface area contributed by atoms with E-state index in [1.54, 1.807) is 0 Å². The molecule has 0 unspecified atom stereocenters. The first-order valence-electron chi connectivity index (χ1n) is 11.3. The fourth-order valence-corrected chi connectivity index (χ4v) is 8.21. The minimum atomic E-state index is 0.289. The Morgan fingerprint density at radius 3 is 2.52 bits per heavy atom. The van der Waals surface area contributed by atoms with Crippen molar-refractivity contribution in [1.82, 2.24) is 9.80 Å². The highest BCUT2D eigenvalue weighted by atomic mass is 16.2. The third kappa shape index (κ3) is 2.68. The number of likely N-dealkylation sites (tertiary alicyclic amines) is 1. The van der Waals surface area contributed by atoms with Crippen LogP contribution in [0.5, 0.6) is 0 Å². The van der Waals surface area contributed by atoms with E-state index >= 15 is 0 Å². The van der Waals surface area contributed by atoms with Crippen LogP contribution in [0.4, 0.5) is 0 Å². The monoisotopic (exact) mass is 374 g/mol. The minimum Gasteiger partial charge on any atom is -0.342 e. The van der Waals surface area contributed by atoms with E-state index in [0.717, 1.165) is 50.0 Å². The number of fused-ring (bicyclic) bond motifs is 5. The van der Waals surface area contributed by atoms with Gasteiger partial charge in [0.25, 0.3) is 0 Å². The van der Waals surface area contributed by atoms with E-state index in [9.17, 15) is 9.59 Å². The van der Waals surface area contributed by atoms with Crippen LogP contribution in [0.2, 0.25) is 0 Å². The molecule has 0 aromatic rings. The van der Waals surface area contributed by atoms with Gasteiger partial charge in [0.05, 0.1) is 0 Å². The summed E-state index contributed by atoms with van der Waals surface area (Å²) in [6, 6.07) is 0.871. The fourth-order valence-electron chi connectivity index (χ4n) is 8.21. The average molecular weight is 375 g/mol. The van der Waals surface area contributed by atoms with Gasteiger partial charge in [-0.15, -0.1) is 0 Å². The average Bonchev–Trinajstić information content (AvgIpc) is 3.00. The predicted molar refractivity (Wildman–Crippen MR) is 107 cm³/mol. The summed E-state index contributed by atoms with van der Waals surface area (Å²) in [5.74, 6) is 2.63. The van der Waals surface area contributed by atoms with E-state index in [1.807, 2.05) is 7.05 Å². The van der Waals surface area contributed by atoms with Crippen LogP contribution in [0.1, 0.15) is 78.6 Å². The van der Waals surface area contributed by atoms with E-state index in [2.05, 4.69) is 30.6 Å². The van der Waals surface area contributed by atoms with Gasteiger partial charge in [0.1, 0.15) is 0 Å². The summed E-state index contributed by atoms with van der Waals surface area (Å²) in [7, 11) is 2.04. The molecule has 2 amide bonds. The Balaban J connectivity index is 1.59. The zero-order valence-corrected chi connectivity index (χ0v) is 17.7. The lowest BCUT2D eigenvalue weighted by molar-refractivity contribution is -0.159. The highest BCUT2D eigenvalue weighted by Gasteiger charge is 2.61. The maximum atomic E-state index is 12.3. The van der Waals surface area contributed by atoms with Crippen LogP contribution in [0.3, 0.4) is 0 Å². The van der Waals surface area contributed by atoms with Gasteiger partial charge in [-0.25, -0.2) is 0 Å². The molecular formula is C23H38N2O2. The summed E-state index contributed by atoms with van der Waals surface area (Å²) in [4.78, 5) is 28.3. The van der Waals surface area contributed by atoms with Crippen molar-refractivity contribution in [3.63, 3.8) is 0 Å². The summed E-state index contributed by atoms with van der Waals surface area (Å²) in [6.45, 7) is 8.05. The summed E-state index contributed by atoms with van der Waals surface area (Å²) < 4.78 is 0. The van der Waals surface area contributed by atoms with Gasteiger partial charge in [-0.05, 0) is 80.0 Å². The molecule has 4 aliphatic rings. The number of hydrogen-bond donors (Lipinski definition) is 0. The summed E-state index contributed by atoms with van der Waals surface area (Å²) in [5.41, 5.74) is 0.579. The molecule has 0 aromatic heterocycles. The highest BCUT2D eigenvalue weighted by molar-refractivity contribution is 5.77. The molecule has 1 saturated heterocycles. The molecule has 0 bridgehead atoms. The first-order chi connectivity index (χ1) is 12.9. The van der Waals surface area contributed by atoms with E-state index in [-0.39, 0.29) is 5.41 Å². The summed E-state index contributed by atoms with van der Waals surface area (Å²) in [5, 5.41) is 0. The van der Waals surface area contributed by atoms with Crippen LogP contribution in [-0.4, -0.2) is 47.8 Å². The number of carbonyl (C=O) groups is 2. The molecular weight excluding hydrogens is 336 g/mol. The molecule has 0 aromatic carbocycles. The van der Waals surface area contributed by atoms with Gasteiger partial charge in [0.2, 0.25) is 12.3 Å². The standard InChI is InChI=1S/C23H38N2O2/c1-5-14-25(15-26)20-9-7-17-16-6-8-19-22(2,13-11-21(27)24(19)4)18(16)10-12-23(17,20)3/h15-20H,5-14H2,1-4H3/t16-,17-,18-,19+,20-,22+,23-/m0/s1. The number of amides is 2. The van der Waals surface area contributed by atoms with Crippen LogP contribution in [0.15, 0.2) is 0 Å². The Bertz CT molecular complexity index is 607. The number of carbonyl (C=O) groups excluding carboxylic acids is 2. The van der Waals surface area contributed by atoms with Crippen molar-refractivity contribution < 1.29 is 9.59 Å². The van der Waals surface area contributed by atoms with Gasteiger partial charge in [-0.2, -0.15) is 0 Å². The second-order valence-electron chi connectivity index (χ2n) is 10.5. The first kappa shape index (κ1) is 19.3. The van der Waals surface area contributed by atoms with Gasteiger partial charge in [-0.1, -0.05) is 20.8 Å². The third-order valence-electron chi connectivity index (χ3n) is 9.52. The lowest BCUT2D eigenvalue weighted by Gasteiger charge is -2.62. The molecule has 4 heteroatoms. The van der Waals surface area contributed by atoms with Crippen LogP contribution >= 0.6 is 0 Å². The van der Waals surface area contributed by atoms with E-state index in [0.29, 0.717) is 23.4 Å². The largest absolute Gasteiger partial charge is 0.342 e. The molecule has 7 atom stereocenters. The Hall–Kier alpha value is -1.06. The van der Waals surface area contributed by atoms with E-state index in [1.165, 1.54) is 38.5 Å². The topological polar surface area (TPSA) is 40.6 Å². The molecule has 1 heterocycles. The van der Waals surface area contributed by atoms with Crippen LogP contribution in [0.25, 0.3) is 0 Å². The van der Waals surface area contributed by atoms with Crippen molar-refractivity contribution in [1.29, 1.82) is 0 Å². The first-order valence-corrected chi connectivity index (χ1v) is 11.3. The lowest BCUT2D eigenvalue weighted by Crippen LogP contribution is -2.62. The van der Waals surface area contributed by atoms with Crippen LogP contribution in [-0.2, 0) is 9.59 Å². The van der Waals surface area contributed by atoms with Crippen molar-refractivity contribution >= 4 is 12.3 Å². The van der Waals surface area contributed by atoms with Crippen molar-refractivity contribution in [3.8, 4) is 0 Å². The lowest BCUT2D eigenvalue weighted by atomic mass is 9.47. The molecule has 0 radical (unpaired) electrons. The van der Waals surface area contributed by atoms with Gasteiger partial charge in [0, 0.05) is 32.1 Å². The number of nitrogens with zero attached hydrogens (tertiary/aromatic N) is 2. The molecule has 0 N–H and O–H groups in total. The maximum absolute atomic E-state index is 12.3. The number of hydrogen-bond acceptors (Lipinski definition) is 2. The summed E-state index contributed by atoms with van der Waals surface area (Å²) >= 11 is 0. The summed E-state index contributed by atoms with van der Waals surface area (Å²) in [6.07, 6.45) is 11.4. The van der Waals surface area contributed by atoms with Crippen molar-refractivity contribution in [2.24, 2.45) is 28.6 Å². The van der Waals surface area contributed by atoms with Gasteiger partial charge >= 0.3 is 0 Å². The van der Waals surface area contributed by atoms with Crippen molar-refractivity contribution in [2.75, 3.05) is 13.6 Å². The zero-order valence-electron chi connectivity index (χ0n) is 17.7. The maximum Gasteiger partial charge on any atom is 0.222 e. The van der Waals surface area contributed by atoms with Crippen LogP contribution in [0, 0.1) is 28.6 Å². The molecule has 3 saturated carbocycles. The second kappa shape index (κ2) is 6.77. The number of piperidine rings is 1. The van der Waals surface area contributed by atoms with Gasteiger partial charge < -0.3 is 9.80 Å². The molecule has 4 fully saturated rings. The number of rotatable bonds is 4. The Kier molecular flexibility index (Phi) is 4.83. The minimum absolute atomic E-state index is 0.289. The Morgan fingerprint density at radius 2 is 1.81 bits per heavy atom. The molecule has 3 aliphatic carbocycles. The fraction of sp³-hybridized carbons (Fsp3) is 0.913. The zero-order chi connectivity index (χ0) is 19.4. The quantitative estimate of drug-likeness (QED) is 0.696. The normalized spacial score (nSPS) is 46.4. The molecule has 4 nitrogen and oxygen atoms in total. The second-order valence-corrected chi connectivity index (χ2v) is 10.5. The smallest absolute Gasteiger partial charge is 0.222 e. The predicted octanol–water partition coefficient (Wildman–Crippen LogP) is 4.09. The van der Waals surface area contributed by atoms with Crippen molar-refractivity contribution in [3.05, 3.63) is 0 Å². The Morgan fingerprint density at radius 1 is 1.07 bits per heavy atom. The van der Waals surface area contributed by atoms with Gasteiger partial charge in [0.15, 0.2) is 0 Å². The Labute approximate surface area is 165 Å². The van der Waals surface area contributed by atoms with E-state index < -0.39 is 0 Å². The SMILES string of the molecule is CCCN(C=O)[C@H]1CC[C@H]2[C@@H]3CC[C@H]4N(C)C(=O)CC[C@]4(C)[C@H]3CC[C@]12C. The van der Waals surface area contributed by atoms with Gasteiger partial charge in [-0.3, -0.25) is 9.59 Å². The third-order valence-corrected chi connectivity index (χ3v) is 9.52. The molecule has 0 spiro atoms. The van der Waals surface area contributed by atoms with E-state index in [4.69, 9.17) is 0 Å². The van der Waals surface area contributed by atoms with Crippen molar-refractivity contribution in [2.45, 2.75) is 90.6 Å². The van der Waals surface area contributed by atoms with Crippen LogP contribution < -0.4 is 0 Å². The molecule has 4 rings (SSSR count). The molecule has 152 valence electrons. The molecule has 1 aliphatic heterocycles. The molecule has 27 heavy (non-hydrogen) atoms. The highest BCUT2D eigenvalue weighted by Crippen LogP contribution is 2.65.